The summed E-state index contributed by atoms with van der Waals surface area (Å²) in [7, 11) is 1.64. The molecular formula is C15H24N2O2. The molecule has 1 aromatic rings. The fraction of sp³-hybridized carbons (Fsp3) is 0.533. The molecule has 0 aliphatic rings. The molecule has 1 aromatic carbocycles. The number of rotatable bonds is 7. The first-order chi connectivity index (χ1) is 9.02. The molecule has 0 aliphatic carbocycles. The van der Waals surface area contributed by atoms with E-state index in [1.165, 1.54) is 0 Å². The molecule has 106 valence electrons. The Bertz CT molecular complexity index is 388. The Morgan fingerprint density at radius 1 is 1.21 bits per heavy atom. The smallest absolute Gasteiger partial charge is 0.221 e. The van der Waals surface area contributed by atoms with Crippen LogP contribution in [0.2, 0.25) is 0 Å². The minimum atomic E-state index is 0.0115. The maximum Gasteiger partial charge on any atom is 0.221 e. The molecule has 0 fully saturated rings. The summed E-state index contributed by atoms with van der Waals surface area (Å²) in [4.78, 5) is 11.8. The van der Waals surface area contributed by atoms with Gasteiger partial charge in [0.15, 0.2) is 0 Å². The molecule has 4 nitrogen and oxygen atoms in total. The van der Waals surface area contributed by atoms with Crippen molar-refractivity contribution in [3.63, 3.8) is 0 Å². The first-order valence-corrected chi connectivity index (χ1v) is 6.69. The van der Waals surface area contributed by atoms with Crippen molar-refractivity contribution in [3.8, 4) is 5.75 Å². The molecule has 2 N–H and O–H groups in total. The monoisotopic (exact) mass is 264 g/mol. The van der Waals surface area contributed by atoms with Gasteiger partial charge < -0.3 is 15.4 Å². The van der Waals surface area contributed by atoms with Gasteiger partial charge in [-0.05, 0) is 24.6 Å². The standard InChI is InChI=1S/C15H24N2O2/c1-11(2)16-10-9-15(18)17-12(3)13-5-7-14(19-4)8-6-13/h5-8,11-12,16H,9-10H2,1-4H3,(H,17,18)/t12-/m0/s1. The number of carbonyl (C=O) groups is 1. The topological polar surface area (TPSA) is 50.4 Å². The van der Waals surface area contributed by atoms with Gasteiger partial charge in [-0.15, -0.1) is 0 Å². The second-order valence-corrected chi connectivity index (χ2v) is 4.92. The molecule has 0 saturated carbocycles. The summed E-state index contributed by atoms with van der Waals surface area (Å²) in [5.74, 6) is 0.889. The van der Waals surface area contributed by atoms with Crippen molar-refractivity contribution >= 4 is 5.91 Å². The van der Waals surface area contributed by atoms with Gasteiger partial charge in [-0.25, -0.2) is 0 Å². The number of hydrogen-bond acceptors (Lipinski definition) is 3. The molecule has 4 heteroatoms. The first-order valence-electron chi connectivity index (χ1n) is 6.69. The first kappa shape index (κ1) is 15.5. The second-order valence-electron chi connectivity index (χ2n) is 4.92. The SMILES string of the molecule is COc1ccc([C@H](C)NC(=O)CCNC(C)C)cc1. The lowest BCUT2D eigenvalue weighted by Crippen LogP contribution is -2.31. The zero-order valence-corrected chi connectivity index (χ0v) is 12.2. The molecular weight excluding hydrogens is 240 g/mol. The van der Waals surface area contributed by atoms with Crippen LogP contribution in [0.1, 0.15) is 38.8 Å². The number of methoxy groups -OCH3 is 1. The molecule has 0 bridgehead atoms. The number of ether oxygens (including phenoxy) is 1. The summed E-state index contributed by atoms with van der Waals surface area (Å²) in [6.07, 6.45) is 0.499. The van der Waals surface area contributed by atoms with Crippen LogP contribution >= 0.6 is 0 Å². The van der Waals surface area contributed by atoms with Gasteiger partial charge in [0, 0.05) is 19.0 Å². The Morgan fingerprint density at radius 2 is 1.84 bits per heavy atom. The van der Waals surface area contributed by atoms with E-state index in [0.29, 0.717) is 19.0 Å². The molecule has 1 atom stereocenters. The molecule has 0 saturated heterocycles. The number of nitrogens with one attached hydrogen (secondary N) is 2. The fourth-order valence-electron chi connectivity index (χ4n) is 1.76. The number of amides is 1. The molecule has 0 aliphatic heterocycles. The van der Waals surface area contributed by atoms with Crippen LogP contribution in [0, 0.1) is 0 Å². The number of carbonyl (C=O) groups excluding carboxylic acids is 1. The van der Waals surface area contributed by atoms with E-state index in [9.17, 15) is 4.79 Å². The van der Waals surface area contributed by atoms with E-state index in [-0.39, 0.29) is 11.9 Å². The van der Waals surface area contributed by atoms with Gasteiger partial charge in [-0.3, -0.25) is 4.79 Å². The van der Waals surface area contributed by atoms with Gasteiger partial charge >= 0.3 is 0 Å². The molecule has 1 amide bonds. The van der Waals surface area contributed by atoms with Gasteiger partial charge in [0.1, 0.15) is 5.75 Å². The lowest BCUT2D eigenvalue weighted by molar-refractivity contribution is -0.121. The predicted octanol–water partition coefficient (Wildman–Crippen LogP) is 2.26. The minimum absolute atomic E-state index is 0.0115. The number of benzene rings is 1. The predicted molar refractivity (Wildman–Crippen MR) is 77.3 cm³/mol. The lowest BCUT2D eigenvalue weighted by atomic mass is 10.1. The highest BCUT2D eigenvalue weighted by atomic mass is 16.5. The van der Waals surface area contributed by atoms with Gasteiger partial charge in [-0.2, -0.15) is 0 Å². The van der Waals surface area contributed by atoms with Crippen molar-refractivity contribution in [1.29, 1.82) is 0 Å². The zero-order chi connectivity index (χ0) is 14.3. The Kier molecular flexibility index (Phi) is 6.36. The van der Waals surface area contributed by atoms with E-state index < -0.39 is 0 Å². The van der Waals surface area contributed by atoms with E-state index in [1.54, 1.807) is 7.11 Å². The van der Waals surface area contributed by atoms with Crippen molar-refractivity contribution in [2.24, 2.45) is 0 Å². The maximum atomic E-state index is 11.8. The molecule has 0 aromatic heterocycles. The highest BCUT2D eigenvalue weighted by Crippen LogP contribution is 2.17. The molecule has 0 radical (unpaired) electrons. The van der Waals surface area contributed by atoms with Crippen LogP contribution in [-0.4, -0.2) is 25.6 Å². The lowest BCUT2D eigenvalue weighted by Gasteiger charge is -2.15. The second kappa shape index (κ2) is 7.79. The van der Waals surface area contributed by atoms with Crippen LogP contribution in [0.25, 0.3) is 0 Å². The van der Waals surface area contributed by atoms with Crippen molar-refractivity contribution in [3.05, 3.63) is 29.8 Å². The molecule has 0 heterocycles. The molecule has 1 rings (SSSR count). The van der Waals surface area contributed by atoms with Gasteiger partial charge in [0.2, 0.25) is 5.91 Å². The van der Waals surface area contributed by atoms with E-state index in [2.05, 4.69) is 24.5 Å². The van der Waals surface area contributed by atoms with Gasteiger partial charge in [-0.1, -0.05) is 26.0 Å². The van der Waals surface area contributed by atoms with Crippen molar-refractivity contribution in [2.45, 2.75) is 39.3 Å². The maximum absolute atomic E-state index is 11.8. The summed E-state index contributed by atoms with van der Waals surface area (Å²) in [6, 6.07) is 8.16. The van der Waals surface area contributed by atoms with Gasteiger partial charge in [0.05, 0.1) is 13.2 Å². The van der Waals surface area contributed by atoms with Crippen LogP contribution in [-0.2, 0) is 4.79 Å². The third kappa shape index (κ3) is 5.75. The Hall–Kier alpha value is -1.55. The Labute approximate surface area is 115 Å². The van der Waals surface area contributed by atoms with E-state index in [0.717, 1.165) is 11.3 Å². The van der Waals surface area contributed by atoms with E-state index in [4.69, 9.17) is 4.74 Å². The summed E-state index contributed by atoms with van der Waals surface area (Å²) >= 11 is 0. The van der Waals surface area contributed by atoms with E-state index in [1.807, 2.05) is 31.2 Å². The minimum Gasteiger partial charge on any atom is -0.497 e. The molecule has 0 spiro atoms. The average molecular weight is 264 g/mol. The fourth-order valence-corrected chi connectivity index (χ4v) is 1.76. The van der Waals surface area contributed by atoms with Crippen LogP contribution in [0.4, 0.5) is 0 Å². The third-order valence-corrected chi connectivity index (χ3v) is 2.90. The number of hydrogen-bond donors (Lipinski definition) is 2. The summed E-state index contributed by atoms with van der Waals surface area (Å²) in [5, 5.41) is 6.21. The largest absolute Gasteiger partial charge is 0.497 e. The highest BCUT2D eigenvalue weighted by molar-refractivity contribution is 5.76. The normalized spacial score (nSPS) is 12.3. The van der Waals surface area contributed by atoms with Crippen LogP contribution < -0.4 is 15.4 Å². The summed E-state index contributed by atoms with van der Waals surface area (Å²) in [6.45, 7) is 6.82. The van der Waals surface area contributed by atoms with E-state index >= 15 is 0 Å². The van der Waals surface area contributed by atoms with Crippen LogP contribution in [0.15, 0.2) is 24.3 Å². The summed E-state index contributed by atoms with van der Waals surface area (Å²) < 4.78 is 5.11. The van der Waals surface area contributed by atoms with Gasteiger partial charge in [0.25, 0.3) is 0 Å². The van der Waals surface area contributed by atoms with Crippen LogP contribution in [0.3, 0.4) is 0 Å². The van der Waals surface area contributed by atoms with Crippen molar-refractivity contribution < 1.29 is 9.53 Å². The molecule has 0 unspecified atom stereocenters. The zero-order valence-electron chi connectivity index (χ0n) is 12.2. The molecule has 19 heavy (non-hydrogen) atoms. The Morgan fingerprint density at radius 3 is 2.37 bits per heavy atom. The third-order valence-electron chi connectivity index (χ3n) is 2.90. The average Bonchev–Trinajstić information content (AvgIpc) is 2.38. The van der Waals surface area contributed by atoms with Crippen LogP contribution in [0.5, 0.6) is 5.75 Å². The quantitative estimate of drug-likeness (QED) is 0.794. The van der Waals surface area contributed by atoms with Crippen molar-refractivity contribution in [1.82, 2.24) is 10.6 Å². The summed E-state index contributed by atoms with van der Waals surface area (Å²) in [5.41, 5.74) is 1.07. The van der Waals surface area contributed by atoms with Crippen molar-refractivity contribution in [2.75, 3.05) is 13.7 Å². The Balaban J connectivity index is 2.40. The highest BCUT2D eigenvalue weighted by Gasteiger charge is 2.09.